The van der Waals surface area contributed by atoms with Crippen molar-refractivity contribution in [2.75, 3.05) is 43.1 Å². The summed E-state index contributed by atoms with van der Waals surface area (Å²) in [5.74, 6) is -0.309. The highest BCUT2D eigenvalue weighted by Crippen LogP contribution is 2.31. The van der Waals surface area contributed by atoms with Gasteiger partial charge < -0.3 is 19.9 Å². The van der Waals surface area contributed by atoms with Gasteiger partial charge in [-0.3, -0.25) is 19.4 Å². The summed E-state index contributed by atoms with van der Waals surface area (Å²) < 4.78 is 5.32. The van der Waals surface area contributed by atoms with Crippen LogP contribution in [0.25, 0.3) is 11.1 Å². The summed E-state index contributed by atoms with van der Waals surface area (Å²) in [6.07, 6.45) is 4.02. The highest BCUT2D eigenvalue weighted by molar-refractivity contribution is 6.05. The second-order valence-corrected chi connectivity index (χ2v) is 8.66. The van der Waals surface area contributed by atoms with Crippen LogP contribution < -0.4 is 10.2 Å². The number of carbonyl (C=O) groups is 3. The molecule has 0 bridgehead atoms. The van der Waals surface area contributed by atoms with Crippen LogP contribution in [0.5, 0.6) is 0 Å². The van der Waals surface area contributed by atoms with Gasteiger partial charge in [0.2, 0.25) is 5.91 Å². The van der Waals surface area contributed by atoms with Gasteiger partial charge in [0.15, 0.2) is 0 Å². The molecule has 0 saturated carbocycles. The van der Waals surface area contributed by atoms with E-state index in [0.717, 1.165) is 28.8 Å². The van der Waals surface area contributed by atoms with E-state index in [9.17, 15) is 14.4 Å². The minimum atomic E-state index is -0.286. The molecule has 0 aliphatic carbocycles. The third-order valence-electron chi connectivity index (χ3n) is 6.38. The molecule has 0 atom stereocenters. The van der Waals surface area contributed by atoms with Gasteiger partial charge in [0.1, 0.15) is 0 Å². The van der Waals surface area contributed by atoms with E-state index in [0.29, 0.717) is 49.7 Å². The summed E-state index contributed by atoms with van der Waals surface area (Å²) in [6.45, 7) is 4.51. The Morgan fingerprint density at radius 2 is 1.66 bits per heavy atom. The zero-order valence-corrected chi connectivity index (χ0v) is 19.5. The molecule has 2 aliphatic rings. The topological polar surface area (TPSA) is 91.8 Å². The van der Waals surface area contributed by atoms with Gasteiger partial charge in [-0.25, -0.2) is 0 Å². The van der Waals surface area contributed by atoms with Gasteiger partial charge in [-0.15, -0.1) is 0 Å². The Hall–Kier alpha value is -4.04. The van der Waals surface area contributed by atoms with E-state index >= 15 is 0 Å². The van der Waals surface area contributed by atoms with Crippen LogP contribution in [0.15, 0.2) is 60.9 Å². The van der Waals surface area contributed by atoms with Crippen molar-refractivity contribution >= 4 is 29.1 Å². The first kappa shape index (κ1) is 22.7. The molecule has 8 nitrogen and oxygen atoms in total. The number of pyridine rings is 1. The molecule has 0 spiro atoms. The van der Waals surface area contributed by atoms with E-state index in [-0.39, 0.29) is 17.7 Å². The number of carbonyl (C=O) groups excluding carboxylic acids is 3. The molecular formula is C27H26N4O4. The van der Waals surface area contributed by atoms with Crippen molar-refractivity contribution in [1.29, 1.82) is 0 Å². The van der Waals surface area contributed by atoms with Gasteiger partial charge in [0.25, 0.3) is 11.8 Å². The first-order valence-electron chi connectivity index (χ1n) is 11.6. The molecule has 8 heteroatoms. The fraction of sp³-hybridized carbons (Fsp3) is 0.259. The lowest BCUT2D eigenvalue weighted by Crippen LogP contribution is -2.40. The Bertz CT molecular complexity index is 1280. The first-order chi connectivity index (χ1) is 17.0. The number of ether oxygens (including phenoxy) is 1. The fourth-order valence-corrected chi connectivity index (χ4v) is 4.46. The average molecular weight is 471 g/mol. The molecule has 1 saturated heterocycles. The Kier molecular flexibility index (Phi) is 6.29. The number of nitrogens with zero attached hydrogens (tertiary/aromatic N) is 3. The predicted octanol–water partition coefficient (Wildman–Crippen LogP) is 3.38. The summed E-state index contributed by atoms with van der Waals surface area (Å²) in [6, 6.07) is 14.7. The summed E-state index contributed by atoms with van der Waals surface area (Å²) in [5, 5.41) is 2.91. The maximum Gasteiger partial charge on any atom is 0.257 e. The molecule has 3 heterocycles. The molecule has 3 aromatic rings. The molecule has 5 rings (SSSR count). The summed E-state index contributed by atoms with van der Waals surface area (Å²) >= 11 is 0. The number of rotatable bonds is 4. The molecule has 35 heavy (non-hydrogen) atoms. The molecule has 1 aromatic heterocycles. The minimum absolute atomic E-state index is 0.0104. The summed E-state index contributed by atoms with van der Waals surface area (Å²) in [4.78, 5) is 45.3. The third-order valence-corrected chi connectivity index (χ3v) is 6.38. The van der Waals surface area contributed by atoms with Gasteiger partial charge in [-0.05, 0) is 47.9 Å². The molecule has 1 fully saturated rings. The van der Waals surface area contributed by atoms with Gasteiger partial charge in [0.05, 0.1) is 18.8 Å². The van der Waals surface area contributed by atoms with E-state index in [1.165, 1.54) is 6.20 Å². The number of morpholine rings is 1. The second kappa shape index (κ2) is 9.68. The molecule has 2 aromatic carbocycles. The van der Waals surface area contributed by atoms with E-state index in [1.54, 1.807) is 41.1 Å². The quantitative estimate of drug-likeness (QED) is 0.631. The molecular weight excluding hydrogens is 444 g/mol. The smallest absolute Gasteiger partial charge is 0.257 e. The van der Waals surface area contributed by atoms with Crippen LogP contribution in [0, 0.1) is 0 Å². The number of hydrogen-bond donors (Lipinski definition) is 1. The predicted molar refractivity (Wildman–Crippen MR) is 133 cm³/mol. The van der Waals surface area contributed by atoms with Crippen molar-refractivity contribution in [3.05, 3.63) is 77.6 Å². The number of fused-ring (bicyclic) bond motifs is 1. The van der Waals surface area contributed by atoms with Gasteiger partial charge >= 0.3 is 0 Å². The maximum atomic E-state index is 12.9. The lowest BCUT2D eigenvalue weighted by atomic mass is 10.0. The lowest BCUT2D eigenvalue weighted by Gasteiger charge is -2.26. The molecule has 178 valence electrons. The zero-order chi connectivity index (χ0) is 24.4. The van der Waals surface area contributed by atoms with Crippen LogP contribution in [0.4, 0.5) is 11.4 Å². The molecule has 0 unspecified atom stereocenters. The number of hydrogen-bond acceptors (Lipinski definition) is 5. The monoisotopic (exact) mass is 470 g/mol. The largest absolute Gasteiger partial charge is 0.378 e. The van der Waals surface area contributed by atoms with Gasteiger partial charge in [-0.1, -0.05) is 18.2 Å². The zero-order valence-electron chi connectivity index (χ0n) is 19.5. The normalized spacial score (nSPS) is 15.0. The third kappa shape index (κ3) is 4.79. The number of amides is 3. The molecule has 2 aliphatic heterocycles. The van der Waals surface area contributed by atoms with Crippen molar-refractivity contribution in [2.24, 2.45) is 0 Å². The van der Waals surface area contributed by atoms with Crippen LogP contribution >= 0.6 is 0 Å². The van der Waals surface area contributed by atoms with E-state index in [1.807, 2.05) is 30.3 Å². The van der Waals surface area contributed by atoms with Crippen molar-refractivity contribution in [3.63, 3.8) is 0 Å². The number of anilines is 2. The van der Waals surface area contributed by atoms with Crippen LogP contribution in [-0.2, 0) is 16.0 Å². The molecule has 3 amide bonds. The Morgan fingerprint density at radius 1 is 0.886 bits per heavy atom. The van der Waals surface area contributed by atoms with Gasteiger partial charge in [-0.2, -0.15) is 0 Å². The Labute approximate surface area is 203 Å². The first-order valence-corrected chi connectivity index (χ1v) is 11.6. The molecule has 0 radical (unpaired) electrons. The van der Waals surface area contributed by atoms with Crippen LogP contribution in [0.3, 0.4) is 0 Å². The highest BCUT2D eigenvalue weighted by atomic mass is 16.5. The van der Waals surface area contributed by atoms with Crippen molar-refractivity contribution in [1.82, 2.24) is 9.88 Å². The van der Waals surface area contributed by atoms with Crippen LogP contribution in [0.2, 0.25) is 0 Å². The number of aromatic nitrogens is 1. The van der Waals surface area contributed by atoms with E-state index in [4.69, 9.17) is 4.74 Å². The second-order valence-electron chi connectivity index (χ2n) is 8.66. The van der Waals surface area contributed by atoms with E-state index in [2.05, 4.69) is 10.3 Å². The van der Waals surface area contributed by atoms with Crippen LogP contribution in [-0.4, -0.2) is 60.5 Å². The van der Waals surface area contributed by atoms with Crippen molar-refractivity contribution in [3.8, 4) is 11.1 Å². The van der Waals surface area contributed by atoms with Crippen molar-refractivity contribution in [2.45, 2.75) is 13.3 Å². The Balaban J connectivity index is 1.30. The SMILES string of the molecule is CC(=O)N1CCc2ccc(NC(=O)c3cncc(-c4ccc(C(=O)N5CCOCC5)cc4)c3)cc21. The summed E-state index contributed by atoms with van der Waals surface area (Å²) in [7, 11) is 0. The minimum Gasteiger partial charge on any atom is -0.378 e. The van der Waals surface area contributed by atoms with Crippen molar-refractivity contribution < 1.29 is 19.1 Å². The summed E-state index contributed by atoms with van der Waals surface area (Å²) in [5.41, 5.74) is 5.23. The highest BCUT2D eigenvalue weighted by Gasteiger charge is 2.23. The lowest BCUT2D eigenvalue weighted by molar-refractivity contribution is -0.116. The molecule has 1 N–H and O–H groups in total. The standard InChI is InChI=1S/C27H26N4O4/c1-18(32)31-9-8-20-6-7-24(15-25(20)31)29-26(33)23-14-22(16-28-17-23)19-2-4-21(5-3-19)27(34)30-10-12-35-13-11-30/h2-7,14-17H,8-13H2,1H3,(H,29,33). The maximum absolute atomic E-state index is 12.9. The number of benzene rings is 2. The number of nitrogens with one attached hydrogen (secondary N) is 1. The Morgan fingerprint density at radius 3 is 2.40 bits per heavy atom. The van der Waals surface area contributed by atoms with E-state index < -0.39 is 0 Å². The van der Waals surface area contributed by atoms with Crippen LogP contribution in [0.1, 0.15) is 33.2 Å². The fourth-order valence-electron chi connectivity index (χ4n) is 4.46. The van der Waals surface area contributed by atoms with Gasteiger partial charge in [0, 0.05) is 61.5 Å². The average Bonchev–Trinajstić information content (AvgIpc) is 3.33.